The second-order valence-corrected chi connectivity index (χ2v) is 7.36. The molecule has 2 aliphatic heterocycles. The number of pyridine rings is 1. The summed E-state index contributed by atoms with van der Waals surface area (Å²) in [6, 6.07) is 13.7. The first-order valence-electron chi connectivity index (χ1n) is 9.31. The molecule has 0 aliphatic carbocycles. The molecule has 0 saturated carbocycles. The Morgan fingerprint density at radius 2 is 2.19 bits per heavy atom. The Morgan fingerprint density at radius 3 is 2.96 bits per heavy atom. The number of nitrogens with one attached hydrogen (secondary N) is 1. The fourth-order valence-electron chi connectivity index (χ4n) is 4.09. The topological polar surface area (TPSA) is 54.5 Å². The highest BCUT2D eigenvalue weighted by molar-refractivity contribution is 5.95. The average Bonchev–Trinajstić information content (AvgIpc) is 3.05. The second kappa shape index (κ2) is 7.08. The van der Waals surface area contributed by atoms with E-state index in [1.54, 1.807) is 6.20 Å². The highest BCUT2D eigenvalue weighted by Gasteiger charge is 2.54. The molecule has 1 N–H and O–H groups in total. The molecule has 1 atom stereocenters. The molecule has 2 saturated heterocycles. The first-order chi connectivity index (χ1) is 12.7. The third kappa shape index (κ3) is 3.31. The van der Waals surface area contributed by atoms with Gasteiger partial charge in [0, 0.05) is 24.9 Å². The van der Waals surface area contributed by atoms with Crippen LogP contribution >= 0.6 is 0 Å². The molecule has 1 aromatic carbocycles. The molecule has 1 aromatic heterocycles. The molecule has 5 nitrogen and oxygen atoms in total. The number of aryl methyl sites for hydroxylation is 1. The Bertz CT molecular complexity index is 772. The van der Waals surface area contributed by atoms with Gasteiger partial charge in [-0.2, -0.15) is 0 Å². The first kappa shape index (κ1) is 17.0. The minimum Gasteiger partial charge on any atom is -0.371 e. The monoisotopic (exact) mass is 351 g/mol. The largest absolute Gasteiger partial charge is 0.371 e. The maximum Gasteiger partial charge on any atom is 0.254 e. The molecular weight excluding hydrogens is 326 g/mol. The number of carbonyl (C=O) groups is 1. The maximum atomic E-state index is 12.7. The van der Waals surface area contributed by atoms with Crippen molar-refractivity contribution in [3.8, 4) is 0 Å². The van der Waals surface area contributed by atoms with Gasteiger partial charge in [0.15, 0.2) is 0 Å². The number of ether oxygens (including phenoxy) is 1. The standard InChI is InChI=1S/C21H25N3O2/c1-16-5-4-6-17(13-16)20(25)24-14-21(15-24)18(9-12-26-21)8-11-23-19-7-2-3-10-22-19/h2-7,10,13,18H,8-9,11-12,14-15H2,1H3,(H,22,23)/t18-/m1/s1. The van der Waals surface area contributed by atoms with Crippen molar-refractivity contribution >= 4 is 11.7 Å². The van der Waals surface area contributed by atoms with E-state index in [1.807, 2.05) is 54.3 Å². The van der Waals surface area contributed by atoms with Crippen LogP contribution in [0.15, 0.2) is 48.7 Å². The molecule has 2 aromatic rings. The molecule has 3 heterocycles. The molecule has 2 fully saturated rings. The predicted molar refractivity (Wildman–Crippen MR) is 101 cm³/mol. The predicted octanol–water partition coefficient (Wildman–Crippen LogP) is 3.12. The highest BCUT2D eigenvalue weighted by Crippen LogP contribution is 2.42. The Kier molecular flexibility index (Phi) is 4.64. The van der Waals surface area contributed by atoms with Crippen LogP contribution in [0.4, 0.5) is 5.82 Å². The van der Waals surface area contributed by atoms with Crippen molar-refractivity contribution in [1.29, 1.82) is 0 Å². The Morgan fingerprint density at radius 1 is 1.31 bits per heavy atom. The summed E-state index contributed by atoms with van der Waals surface area (Å²) in [6.45, 7) is 5.08. The molecule has 136 valence electrons. The molecule has 0 radical (unpaired) electrons. The van der Waals surface area contributed by atoms with Crippen LogP contribution in [0.2, 0.25) is 0 Å². The molecule has 0 unspecified atom stereocenters. The Labute approximate surface area is 154 Å². The SMILES string of the molecule is Cc1cccc(C(=O)N2CC3(C2)OCC[C@H]3CCNc2ccccn2)c1. The van der Waals surface area contributed by atoms with Gasteiger partial charge >= 0.3 is 0 Å². The van der Waals surface area contributed by atoms with E-state index < -0.39 is 0 Å². The van der Waals surface area contributed by atoms with Crippen LogP contribution in [-0.4, -0.2) is 47.6 Å². The van der Waals surface area contributed by atoms with Crippen LogP contribution in [0, 0.1) is 12.8 Å². The van der Waals surface area contributed by atoms with Crippen LogP contribution in [-0.2, 0) is 4.74 Å². The lowest BCUT2D eigenvalue weighted by atomic mass is 9.78. The third-order valence-corrected chi connectivity index (χ3v) is 5.53. The van der Waals surface area contributed by atoms with Crippen molar-refractivity contribution in [2.24, 2.45) is 5.92 Å². The van der Waals surface area contributed by atoms with E-state index in [4.69, 9.17) is 4.74 Å². The van der Waals surface area contributed by atoms with Crippen molar-refractivity contribution in [2.75, 3.05) is 31.6 Å². The van der Waals surface area contributed by atoms with Gasteiger partial charge in [0.2, 0.25) is 0 Å². The van der Waals surface area contributed by atoms with E-state index in [0.717, 1.165) is 42.9 Å². The highest BCUT2D eigenvalue weighted by atomic mass is 16.5. The number of anilines is 1. The van der Waals surface area contributed by atoms with Crippen molar-refractivity contribution in [1.82, 2.24) is 9.88 Å². The number of hydrogen-bond acceptors (Lipinski definition) is 4. The van der Waals surface area contributed by atoms with Crippen molar-refractivity contribution in [2.45, 2.75) is 25.4 Å². The van der Waals surface area contributed by atoms with Gasteiger partial charge in [0.05, 0.1) is 13.1 Å². The van der Waals surface area contributed by atoms with Crippen LogP contribution in [0.25, 0.3) is 0 Å². The van der Waals surface area contributed by atoms with Gasteiger partial charge in [-0.3, -0.25) is 4.79 Å². The summed E-state index contributed by atoms with van der Waals surface area (Å²) in [5.41, 5.74) is 1.73. The molecule has 26 heavy (non-hydrogen) atoms. The van der Waals surface area contributed by atoms with E-state index >= 15 is 0 Å². The van der Waals surface area contributed by atoms with E-state index in [0.29, 0.717) is 19.0 Å². The number of nitrogens with zero attached hydrogens (tertiary/aromatic N) is 2. The van der Waals surface area contributed by atoms with Gasteiger partial charge < -0.3 is 15.0 Å². The maximum absolute atomic E-state index is 12.7. The minimum atomic E-state index is -0.148. The average molecular weight is 351 g/mol. The lowest BCUT2D eigenvalue weighted by molar-refractivity contribution is -0.117. The zero-order valence-electron chi connectivity index (χ0n) is 15.1. The van der Waals surface area contributed by atoms with Gasteiger partial charge in [-0.05, 0) is 49.9 Å². The molecular formula is C21H25N3O2. The zero-order chi connectivity index (χ0) is 18.0. The lowest BCUT2D eigenvalue weighted by Gasteiger charge is -2.50. The molecule has 1 spiro atoms. The minimum absolute atomic E-state index is 0.111. The fraction of sp³-hybridized carbons (Fsp3) is 0.429. The third-order valence-electron chi connectivity index (χ3n) is 5.53. The van der Waals surface area contributed by atoms with Crippen molar-refractivity contribution in [3.05, 3.63) is 59.8 Å². The summed E-state index contributed by atoms with van der Waals surface area (Å²) in [5.74, 6) is 1.51. The van der Waals surface area contributed by atoms with Crippen LogP contribution in [0.1, 0.15) is 28.8 Å². The Balaban J connectivity index is 1.32. The molecule has 5 heteroatoms. The smallest absolute Gasteiger partial charge is 0.254 e. The zero-order valence-corrected chi connectivity index (χ0v) is 15.1. The van der Waals surface area contributed by atoms with Crippen LogP contribution < -0.4 is 5.32 Å². The summed E-state index contributed by atoms with van der Waals surface area (Å²) in [6.07, 6.45) is 3.89. The summed E-state index contributed by atoms with van der Waals surface area (Å²) in [4.78, 5) is 18.9. The number of likely N-dealkylation sites (tertiary alicyclic amines) is 1. The van der Waals surface area contributed by atoms with Crippen LogP contribution in [0.5, 0.6) is 0 Å². The number of aromatic nitrogens is 1. The lowest BCUT2D eigenvalue weighted by Crippen LogP contribution is -2.66. The number of carbonyl (C=O) groups excluding carboxylic acids is 1. The van der Waals surface area contributed by atoms with Gasteiger partial charge in [-0.25, -0.2) is 4.98 Å². The summed E-state index contributed by atoms with van der Waals surface area (Å²) >= 11 is 0. The van der Waals surface area contributed by atoms with Crippen molar-refractivity contribution < 1.29 is 9.53 Å². The molecule has 0 bridgehead atoms. The number of hydrogen-bond donors (Lipinski definition) is 1. The van der Waals surface area contributed by atoms with Gasteiger partial charge in [0.1, 0.15) is 11.4 Å². The number of rotatable bonds is 5. The Hall–Kier alpha value is -2.40. The molecule has 1 amide bonds. The number of benzene rings is 1. The quantitative estimate of drug-likeness (QED) is 0.899. The summed E-state index contributed by atoms with van der Waals surface area (Å²) < 4.78 is 6.09. The summed E-state index contributed by atoms with van der Waals surface area (Å²) in [5, 5.41) is 3.38. The fourth-order valence-corrected chi connectivity index (χ4v) is 4.09. The first-order valence-corrected chi connectivity index (χ1v) is 9.31. The normalized spacial score (nSPS) is 20.8. The van der Waals surface area contributed by atoms with Crippen molar-refractivity contribution in [3.63, 3.8) is 0 Å². The second-order valence-electron chi connectivity index (χ2n) is 7.36. The number of amides is 1. The van der Waals surface area contributed by atoms with E-state index in [9.17, 15) is 4.79 Å². The van der Waals surface area contributed by atoms with E-state index in [1.165, 1.54) is 0 Å². The van der Waals surface area contributed by atoms with E-state index in [-0.39, 0.29) is 11.5 Å². The van der Waals surface area contributed by atoms with Gasteiger partial charge in [0.25, 0.3) is 5.91 Å². The molecule has 4 rings (SSSR count). The van der Waals surface area contributed by atoms with Gasteiger partial charge in [-0.1, -0.05) is 23.8 Å². The molecule has 2 aliphatic rings. The summed E-state index contributed by atoms with van der Waals surface area (Å²) in [7, 11) is 0. The van der Waals surface area contributed by atoms with Gasteiger partial charge in [-0.15, -0.1) is 0 Å². The van der Waals surface area contributed by atoms with E-state index in [2.05, 4.69) is 10.3 Å². The van der Waals surface area contributed by atoms with Crippen LogP contribution in [0.3, 0.4) is 0 Å².